The summed E-state index contributed by atoms with van der Waals surface area (Å²) < 4.78 is 22.8. The van der Waals surface area contributed by atoms with E-state index >= 15 is 0 Å². The Bertz CT molecular complexity index is 624. The van der Waals surface area contributed by atoms with Crippen LogP contribution in [0.5, 0.6) is 0 Å². The Hall–Kier alpha value is -1.23. The van der Waals surface area contributed by atoms with Crippen LogP contribution >= 0.6 is 7.82 Å². The second-order valence-electron chi connectivity index (χ2n) is 5.82. The quantitative estimate of drug-likeness (QED) is 0.429. The summed E-state index contributed by atoms with van der Waals surface area (Å²) in [4.78, 5) is 20.3. The van der Waals surface area contributed by atoms with Gasteiger partial charge >= 0.3 is 133 Å². The minimum atomic E-state index is -3.12. The van der Waals surface area contributed by atoms with Crippen molar-refractivity contribution in [2.24, 2.45) is 0 Å². The number of fused-ring (bicyclic) bond motifs is 2. The Balaban J connectivity index is 1.63. The second kappa shape index (κ2) is 5.40. The van der Waals surface area contributed by atoms with Gasteiger partial charge in [0.1, 0.15) is 0 Å². The third-order valence-electron chi connectivity index (χ3n) is 4.29. The molecule has 2 fully saturated rings. The molecule has 0 aromatic carbocycles. The SMILES string of the molecule is B[PH]1(O)OCC2O[C@@H](N3CNc4c(N)ncnc43)[C@@H](OC)[C@H]2O1. The van der Waals surface area contributed by atoms with Crippen LogP contribution in [0.15, 0.2) is 6.33 Å². The van der Waals surface area contributed by atoms with Crippen LogP contribution in [0, 0.1) is 0 Å². The van der Waals surface area contributed by atoms with Gasteiger partial charge in [0.2, 0.25) is 0 Å². The van der Waals surface area contributed by atoms with E-state index < -0.39 is 14.0 Å². The number of nitrogen functional groups attached to an aromatic ring is 1. The number of anilines is 3. The normalized spacial score (nSPS) is 36.2. The predicted octanol–water partition coefficient (Wildman–Crippen LogP) is -1.56. The monoisotopic (exact) mass is 343 g/mol. The summed E-state index contributed by atoms with van der Waals surface area (Å²) in [7, 11) is 0.0578. The number of nitrogens with two attached hydrogens (primary N) is 1. The van der Waals surface area contributed by atoms with Crippen LogP contribution in [-0.2, 0) is 18.5 Å². The first-order valence-electron chi connectivity index (χ1n) is 7.33. The van der Waals surface area contributed by atoms with E-state index in [1.54, 1.807) is 14.7 Å². The summed E-state index contributed by atoms with van der Waals surface area (Å²) in [6.07, 6.45) is -0.0871. The first kappa shape index (κ1) is 15.3. The Morgan fingerprint density at radius 2 is 2.39 bits per heavy atom. The molecule has 4 heterocycles. The van der Waals surface area contributed by atoms with E-state index in [0.29, 0.717) is 24.0 Å². The molecule has 23 heavy (non-hydrogen) atoms. The van der Waals surface area contributed by atoms with E-state index in [0.717, 1.165) is 0 Å². The summed E-state index contributed by atoms with van der Waals surface area (Å²) in [5.74, 6) is 1.05. The fourth-order valence-corrected chi connectivity index (χ4v) is 4.57. The molecule has 126 valence electrons. The van der Waals surface area contributed by atoms with Crippen LogP contribution in [0.2, 0.25) is 0 Å². The Morgan fingerprint density at radius 1 is 1.57 bits per heavy atom. The van der Waals surface area contributed by atoms with Gasteiger partial charge in [-0.25, -0.2) is 0 Å². The average molecular weight is 343 g/mol. The van der Waals surface area contributed by atoms with Crippen molar-refractivity contribution in [3.8, 4) is 0 Å². The third-order valence-corrected chi connectivity index (χ3v) is 5.70. The molecule has 4 rings (SSSR count). The van der Waals surface area contributed by atoms with Gasteiger partial charge in [0, 0.05) is 0 Å². The Kier molecular flexibility index (Phi) is 3.60. The fourth-order valence-electron chi connectivity index (χ4n) is 3.24. The number of hydrogen-bond donors (Lipinski definition) is 3. The predicted molar refractivity (Wildman–Crippen MR) is 86.8 cm³/mol. The molecule has 0 aliphatic carbocycles. The number of ether oxygens (including phenoxy) is 2. The zero-order chi connectivity index (χ0) is 16.2. The molecule has 1 unspecified atom stereocenters. The van der Waals surface area contributed by atoms with Gasteiger partial charge in [-0.2, -0.15) is 0 Å². The molecule has 0 radical (unpaired) electrons. The average Bonchev–Trinajstić information content (AvgIpc) is 3.07. The van der Waals surface area contributed by atoms with E-state index in [2.05, 4.69) is 15.3 Å². The number of aromatic nitrogens is 2. The molecule has 0 spiro atoms. The van der Waals surface area contributed by atoms with Crippen molar-refractivity contribution in [2.45, 2.75) is 24.5 Å². The summed E-state index contributed by atoms with van der Waals surface area (Å²) in [6.45, 7) is 0.747. The Morgan fingerprint density at radius 3 is 3.17 bits per heavy atom. The van der Waals surface area contributed by atoms with Crippen molar-refractivity contribution in [3.05, 3.63) is 6.33 Å². The summed E-state index contributed by atoms with van der Waals surface area (Å²) in [5.41, 5.74) is 6.55. The molecule has 12 heteroatoms. The van der Waals surface area contributed by atoms with E-state index in [1.807, 2.05) is 4.90 Å². The topological polar surface area (TPSA) is 124 Å². The molecule has 0 saturated carbocycles. The van der Waals surface area contributed by atoms with Crippen molar-refractivity contribution < 1.29 is 23.4 Å². The van der Waals surface area contributed by atoms with Crippen LogP contribution in [0.3, 0.4) is 0 Å². The van der Waals surface area contributed by atoms with E-state index in [-0.39, 0.29) is 24.9 Å². The fraction of sp³-hybridized carbons (Fsp3) is 0.636. The zero-order valence-corrected chi connectivity index (χ0v) is 13.8. The maximum atomic E-state index is 10.1. The number of nitrogens with one attached hydrogen (secondary N) is 1. The molecule has 2 saturated heterocycles. The maximum absolute atomic E-state index is 10.1. The van der Waals surface area contributed by atoms with Crippen molar-refractivity contribution in [1.29, 1.82) is 0 Å². The summed E-state index contributed by atoms with van der Waals surface area (Å²) in [6, 6.07) is 0. The second-order valence-corrected chi connectivity index (χ2v) is 8.14. The molecule has 3 aliphatic heterocycles. The summed E-state index contributed by atoms with van der Waals surface area (Å²) in [5, 5.41) is 3.17. The van der Waals surface area contributed by atoms with Crippen molar-refractivity contribution in [1.82, 2.24) is 9.97 Å². The van der Waals surface area contributed by atoms with E-state index in [1.165, 1.54) is 6.33 Å². The van der Waals surface area contributed by atoms with Crippen LogP contribution in [-0.4, -0.2) is 67.4 Å². The van der Waals surface area contributed by atoms with Gasteiger partial charge in [0.25, 0.3) is 0 Å². The minimum absolute atomic E-state index is 0.278. The van der Waals surface area contributed by atoms with Crippen LogP contribution in [0.4, 0.5) is 17.3 Å². The molecule has 1 aromatic heterocycles. The molecular formula is C11H19BN5O5P. The van der Waals surface area contributed by atoms with E-state index in [9.17, 15) is 4.89 Å². The molecular weight excluding hydrogens is 324 g/mol. The van der Waals surface area contributed by atoms with Crippen molar-refractivity contribution >= 4 is 32.7 Å². The van der Waals surface area contributed by atoms with Crippen molar-refractivity contribution in [3.63, 3.8) is 0 Å². The molecule has 4 atom stereocenters. The molecule has 3 aliphatic rings. The van der Waals surface area contributed by atoms with Gasteiger partial charge in [0.15, 0.2) is 0 Å². The van der Waals surface area contributed by atoms with Gasteiger partial charge in [-0.1, -0.05) is 0 Å². The van der Waals surface area contributed by atoms with Gasteiger partial charge in [-0.05, 0) is 0 Å². The summed E-state index contributed by atoms with van der Waals surface area (Å²) >= 11 is 0. The number of nitrogens with zero attached hydrogens (tertiary/aromatic N) is 3. The van der Waals surface area contributed by atoms with Crippen molar-refractivity contribution in [2.75, 3.05) is 36.3 Å². The molecule has 0 bridgehead atoms. The zero-order valence-electron chi connectivity index (χ0n) is 12.8. The molecule has 0 amide bonds. The number of hydrogen-bond acceptors (Lipinski definition) is 10. The van der Waals surface area contributed by atoms with Crippen LogP contribution in [0.25, 0.3) is 0 Å². The first-order valence-corrected chi connectivity index (χ1v) is 9.60. The first-order chi connectivity index (χ1) is 11.0. The van der Waals surface area contributed by atoms with Gasteiger partial charge in [0.05, 0.1) is 0 Å². The Labute approximate surface area is 134 Å². The number of methoxy groups -OCH3 is 1. The van der Waals surface area contributed by atoms with E-state index in [4.69, 9.17) is 24.3 Å². The van der Waals surface area contributed by atoms with Gasteiger partial charge < -0.3 is 0 Å². The third kappa shape index (κ3) is 2.44. The van der Waals surface area contributed by atoms with Crippen LogP contribution in [0.1, 0.15) is 0 Å². The molecule has 1 aromatic rings. The number of rotatable bonds is 2. The van der Waals surface area contributed by atoms with Gasteiger partial charge in [-0.3, -0.25) is 0 Å². The standard InChI is InChI=1S/C11H19BN5O5P/c1-19-8-7-5(2-20-23(12,18)22-7)21-11(8)17-4-16-6-9(13)14-3-15-10(6)17/h3,5,7-8,11,16,18,23H,2,4,12H2,1H3,(H2,13,14,15)/t5?,7-,8-,11+/m0/s1. The van der Waals surface area contributed by atoms with Gasteiger partial charge in [-0.15, -0.1) is 0 Å². The van der Waals surface area contributed by atoms with Crippen LogP contribution < -0.4 is 16.0 Å². The molecule has 4 N–H and O–H groups in total. The molecule has 10 nitrogen and oxygen atoms in total.